The molecule has 1 aromatic carbocycles. The molecule has 5 heteroatoms. The van der Waals surface area contributed by atoms with Gasteiger partial charge in [0.1, 0.15) is 5.82 Å². The first kappa shape index (κ1) is 14.0. The maximum atomic E-state index is 5.94. The molecule has 0 spiro atoms. The van der Waals surface area contributed by atoms with E-state index in [1.165, 1.54) is 5.69 Å². The molecule has 0 saturated carbocycles. The molecule has 2 N–H and O–H groups in total. The van der Waals surface area contributed by atoms with Crippen molar-refractivity contribution < 1.29 is 0 Å². The highest BCUT2D eigenvalue weighted by Gasteiger charge is 2.19. The van der Waals surface area contributed by atoms with Crippen molar-refractivity contribution in [3.8, 4) is 0 Å². The minimum absolute atomic E-state index is 0.719. The zero-order valence-electron chi connectivity index (χ0n) is 12.1. The van der Waals surface area contributed by atoms with E-state index in [-0.39, 0.29) is 0 Å². The number of hydrogen-bond donors (Lipinski definition) is 1. The highest BCUT2D eigenvalue weighted by Crippen LogP contribution is 2.23. The molecule has 1 fully saturated rings. The summed E-state index contributed by atoms with van der Waals surface area (Å²) in [5.74, 6) is 1.04. The minimum Gasteiger partial charge on any atom is -0.397 e. The lowest BCUT2D eigenvalue weighted by molar-refractivity contribution is 0.646. The molecule has 2 aromatic rings. The molecular weight excluding hydrogens is 284 g/mol. The van der Waals surface area contributed by atoms with Crippen molar-refractivity contribution >= 4 is 28.8 Å². The van der Waals surface area contributed by atoms with Crippen molar-refractivity contribution in [1.29, 1.82) is 0 Å². The Morgan fingerprint density at radius 2 is 1.67 bits per heavy atom. The molecule has 0 aliphatic carbocycles. The van der Waals surface area contributed by atoms with Gasteiger partial charge in [-0.3, -0.25) is 0 Å². The van der Waals surface area contributed by atoms with Gasteiger partial charge in [0.15, 0.2) is 0 Å². The van der Waals surface area contributed by atoms with Gasteiger partial charge in [-0.1, -0.05) is 11.6 Å². The SMILES string of the molecule is Cc1cc(N)cnc1N1CCN(c2ccc(Cl)cc2)CC1. The molecule has 1 aromatic heterocycles. The van der Waals surface area contributed by atoms with Crippen LogP contribution in [0.1, 0.15) is 5.56 Å². The summed E-state index contributed by atoms with van der Waals surface area (Å²) in [6.07, 6.45) is 1.73. The van der Waals surface area contributed by atoms with Gasteiger partial charge in [0.2, 0.25) is 0 Å². The number of pyridine rings is 1. The third kappa shape index (κ3) is 3.05. The minimum atomic E-state index is 0.719. The van der Waals surface area contributed by atoms with Crippen LogP contribution in [0.2, 0.25) is 5.02 Å². The van der Waals surface area contributed by atoms with Crippen molar-refractivity contribution in [2.45, 2.75) is 6.92 Å². The number of anilines is 3. The van der Waals surface area contributed by atoms with Crippen LogP contribution in [0.5, 0.6) is 0 Å². The molecule has 0 bridgehead atoms. The van der Waals surface area contributed by atoms with Crippen LogP contribution >= 0.6 is 11.6 Å². The Hall–Kier alpha value is -1.94. The quantitative estimate of drug-likeness (QED) is 0.926. The Labute approximate surface area is 130 Å². The van der Waals surface area contributed by atoms with Gasteiger partial charge in [-0.15, -0.1) is 0 Å². The number of nitrogens with zero attached hydrogens (tertiary/aromatic N) is 3. The first-order chi connectivity index (χ1) is 10.1. The monoisotopic (exact) mass is 302 g/mol. The first-order valence-corrected chi connectivity index (χ1v) is 7.49. The van der Waals surface area contributed by atoms with E-state index < -0.39 is 0 Å². The van der Waals surface area contributed by atoms with Crippen molar-refractivity contribution in [3.05, 3.63) is 47.1 Å². The Morgan fingerprint density at radius 1 is 1.05 bits per heavy atom. The Bertz CT molecular complexity index is 619. The lowest BCUT2D eigenvalue weighted by Crippen LogP contribution is -2.47. The van der Waals surface area contributed by atoms with Crippen molar-refractivity contribution in [2.75, 3.05) is 41.7 Å². The Kier molecular flexibility index (Phi) is 3.88. The number of hydrogen-bond acceptors (Lipinski definition) is 4. The number of aryl methyl sites for hydroxylation is 1. The third-order valence-electron chi connectivity index (χ3n) is 3.84. The predicted octanol–water partition coefficient (Wildman–Crippen LogP) is 2.95. The number of nitrogen functional groups attached to an aromatic ring is 1. The van der Waals surface area contributed by atoms with E-state index >= 15 is 0 Å². The van der Waals surface area contributed by atoms with E-state index in [1.807, 2.05) is 18.2 Å². The second-order valence-corrected chi connectivity index (χ2v) is 5.80. The number of nitrogens with two attached hydrogens (primary N) is 1. The van der Waals surface area contributed by atoms with E-state index in [0.717, 1.165) is 48.3 Å². The third-order valence-corrected chi connectivity index (χ3v) is 4.09. The van der Waals surface area contributed by atoms with E-state index in [1.54, 1.807) is 6.20 Å². The summed E-state index contributed by atoms with van der Waals surface area (Å²) in [6.45, 7) is 5.94. The van der Waals surface area contributed by atoms with Gasteiger partial charge >= 0.3 is 0 Å². The maximum absolute atomic E-state index is 5.94. The number of rotatable bonds is 2. The van der Waals surface area contributed by atoms with Crippen molar-refractivity contribution in [3.63, 3.8) is 0 Å². The summed E-state index contributed by atoms with van der Waals surface area (Å²) in [4.78, 5) is 9.17. The molecule has 0 amide bonds. The van der Waals surface area contributed by atoms with Crippen LogP contribution in [0.15, 0.2) is 36.5 Å². The number of piperazine rings is 1. The van der Waals surface area contributed by atoms with Gasteiger partial charge in [-0.25, -0.2) is 4.98 Å². The van der Waals surface area contributed by atoms with Crippen molar-refractivity contribution in [2.24, 2.45) is 0 Å². The maximum Gasteiger partial charge on any atom is 0.131 e. The van der Waals surface area contributed by atoms with Gasteiger partial charge in [-0.05, 0) is 42.8 Å². The smallest absolute Gasteiger partial charge is 0.131 e. The van der Waals surface area contributed by atoms with E-state index in [2.05, 4.69) is 33.8 Å². The average Bonchev–Trinajstić information content (AvgIpc) is 2.48. The highest BCUT2D eigenvalue weighted by molar-refractivity contribution is 6.30. The molecule has 21 heavy (non-hydrogen) atoms. The molecule has 3 rings (SSSR count). The van der Waals surface area contributed by atoms with Crippen LogP contribution in [0, 0.1) is 6.92 Å². The summed E-state index contributed by atoms with van der Waals surface area (Å²) in [6, 6.07) is 10.0. The molecule has 1 aliphatic rings. The van der Waals surface area contributed by atoms with Gasteiger partial charge < -0.3 is 15.5 Å². The molecule has 2 heterocycles. The van der Waals surface area contributed by atoms with Gasteiger partial charge in [0.05, 0.1) is 11.9 Å². The van der Waals surface area contributed by atoms with E-state index in [9.17, 15) is 0 Å². The predicted molar refractivity (Wildman–Crippen MR) is 89.3 cm³/mol. The first-order valence-electron chi connectivity index (χ1n) is 7.11. The lowest BCUT2D eigenvalue weighted by atomic mass is 10.2. The number of benzene rings is 1. The molecular formula is C16H19ClN4. The number of aromatic nitrogens is 1. The molecule has 110 valence electrons. The second kappa shape index (κ2) is 5.82. The van der Waals surface area contributed by atoms with Crippen LogP contribution in [-0.4, -0.2) is 31.2 Å². The van der Waals surface area contributed by atoms with Gasteiger partial charge in [-0.2, -0.15) is 0 Å². The van der Waals surface area contributed by atoms with Gasteiger partial charge in [0, 0.05) is 36.9 Å². The fraction of sp³-hybridized carbons (Fsp3) is 0.312. The summed E-state index contributed by atoms with van der Waals surface area (Å²) in [5.41, 5.74) is 8.84. The van der Waals surface area contributed by atoms with Crippen LogP contribution < -0.4 is 15.5 Å². The molecule has 0 atom stereocenters. The Morgan fingerprint density at radius 3 is 2.29 bits per heavy atom. The molecule has 1 aliphatic heterocycles. The fourth-order valence-electron chi connectivity index (χ4n) is 2.75. The fourth-order valence-corrected chi connectivity index (χ4v) is 2.87. The number of halogens is 1. The van der Waals surface area contributed by atoms with Gasteiger partial charge in [0.25, 0.3) is 0 Å². The second-order valence-electron chi connectivity index (χ2n) is 5.36. The van der Waals surface area contributed by atoms with E-state index in [0.29, 0.717) is 0 Å². The van der Waals surface area contributed by atoms with Crippen LogP contribution in [-0.2, 0) is 0 Å². The largest absolute Gasteiger partial charge is 0.397 e. The molecule has 1 saturated heterocycles. The zero-order chi connectivity index (χ0) is 14.8. The summed E-state index contributed by atoms with van der Waals surface area (Å²) in [5, 5.41) is 0.777. The average molecular weight is 303 g/mol. The van der Waals surface area contributed by atoms with Crippen LogP contribution in [0.3, 0.4) is 0 Å². The van der Waals surface area contributed by atoms with Crippen molar-refractivity contribution in [1.82, 2.24) is 4.98 Å². The lowest BCUT2D eigenvalue weighted by Gasteiger charge is -2.37. The molecule has 4 nitrogen and oxygen atoms in total. The van der Waals surface area contributed by atoms with E-state index in [4.69, 9.17) is 17.3 Å². The van der Waals surface area contributed by atoms with Crippen LogP contribution in [0.4, 0.5) is 17.2 Å². The standard InChI is InChI=1S/C16H19ClN4/c1-12-10-14(18)11-19-16(12)21-8-6-20(7-9-21)15-4-2-13(17)3-5-15/h2-5,10-11H,6-9,18H2,1H3. The summed E-state index contributed by atoms with van der Waals surface area (Å²) >= 11 is 5.94. The molecule has 0 radical (unpaired) electrons. The summed E-state index contributed by atoms with van der Waals surface area (Å²) < 4.78 is 0. The Balaban J connectivity index is 1.68. The normalized spacial score (nSPS) is 15.3. The molecule has 0 unspecified atom stereocenters. The highest BCUT2D eigenvalue weighted by atomic mass is 35.5. The topological polar surface area (TPSA) is 45.4 Å². The zero-order valence-corrected chi connectivity index (χ0v) is 12.8. The summed E-state index contributed by atoms with van der Waals surface area (Å²) in [7, 11) is 0. The van der Waals surface area contributed by atoms with Crippen LogP contribution in [0.25, 0.3) is 0 Å².